The maximum atomic E-state index is 13.2. The molecule has 0 bridgehead atoms. The van der Waals surface area contributed by atoms with Crippen LogP contribution in [0.25, 0.3) is 0 Å². The standard InChI is InChI=1S/C20H18FNO/c1-20(2)11-15(13-23)18-9-8-17(22-19(18)12-20)7-6-14-4-3-5-16(21)10-14/h3-5,8-10,13,15H,11-12H2,1-2H3. The Labute approximate surface area is 135 Å². The summed E-state index contributed by atoms with van der Waals surface area (Å²) in [4.78, 5) is 16.0. The number of nitrogens with zero attached hydrogens (tertiary/aromatic N) is 1. The molecular weight excluding hydrogens is 289 g/mol. The molecule has 1 unspecified atom stereocenters. The predicted molar refractivity (Wildman–Crippen MR) is 87.5 cm³/mol. The van der Waals surface area contributed by atoms with Gasteiger partial charge in [0.25, 0.3) is 0 Å². The normalized spacial score (nSPS) is 18.5. The number of halogens is 1. The van der Waals surface area contributed by atoms with Gasteiger partial charge in [0.1, 0.15) is 17.8 Å². The van der Waals surface area contributed by atoms with Crippen LogP contribution >= 0.6 is 0 Å². The summed E-state index contributed by atoms with van der Waals surface area (Å²) in [5.41, 5.74) is 3.28. The third kappa shape index (κ3) is 3.48. The average molecular weight is 307 g/mol. The van der Waals surface area contributed by atoms with Gasteiger partial charge in [-0.25, -0.2) is 9.37 Å². The molecule has 0 aliphatic heterocycles. The Hall–Kier alpha value is -2.47. The molecule has 3 rings (SSSR count). The van der Waals surface area contributed by atoms with Crippen molar-refractivity contribution in [3.8, 4) is 11.8 Å². The number of carbonyl (C=O) groups excluding carboxylic acids is 1. The summed E-state index contributed by atoms with van der Waals surface area (Å²) in [6.45, 7) is 4.30. The molecule has 1 aliphatic rings. The van der Waals surface area contributed by atoms with Crippen LogP contribution in [0.1, 0.15) is 48.7 Å². The van der Waals surface area contributed by atoms with E-state index >= 15 is 0 Å². The highest BCUT2D eigenvalue weighted by molar-refractivity contribution is 5.64. The van der Waals surface area contributed by atoms with Crippen LogP contribution in [0.3, 0.4) is 0 Å². The topological polar surface area (TPSA) is 30.0 Å². The molecule has 1 aromatic heterocycles. The summed E-state index contributed by atoms with van der Waals surface area (Å²) in [7, 11) is 0. The lowest BCUT2D eigenvalue weighted by Crippen LogP contribution is -2.27. The van der Waals surface area contributed by atoms with Crippen LogP contribution in [0.5, 0.6) is 0 Å². The van der Waals surface area contributed by atoms with Gasteiger partial charge in [-0.2, -0.15) is 0 Å². The largest absolute Gasteiger partial charge is 0.303 e. The van der Waals surface area contributed by atoms with Gasteiger partial charge < -0.3 is 4.79 Å². The van der Waals surface area contributed by atoms with Gasteiger partial charge in [0.2, 0.25) is 0 Å². The van der Waals surface area contributed by atoms with E-state index in [1.54, 1.807) is 12.1 Å². The fourth-order valence-corrected chi connectivity index (χ4v) is 3.12. The fraction of sp³-hybridized carbons (Fsp3) is 0.300. The van der Waals surface area contributed by atoms with Crippen molar-refractivity contribution >= 4 is 6.29 Å². The Bertz CT molecular complexity index is 814. The summed E-state index contributed by atoms with van der Waals surface area (Å²) in [6.07, 6.45) is 2.70. The molecule has 2 nitrogen and oxygen atoms in total. The zero-order valence-electron chi connectivity index (χ0n) is 13.3. The number of carbonyl (C=O) groups is 1. The first-order chi connectivity index (χ1) is 11.0. The van der Waals surface area contributed by atoms with Crippen molar-refractivity contribution in [2.75, 3.05) is 0 Å². The summed E-state index contributed by atoms with van der Waals surface area (Å²) in [5.74, 6) is 5.52. The molecule has 0 fully saturated rings. The quantitative estimate of drug-likeness (QED) is 0.591. The zero-order chi connectivity index (χ0) is 16.4. The van der Waals surface area contributed by atoms with Gasteiger partial charge in [-0.1, -0.05) is 31.9 Å². The van der Waals surface area contributed by atoms with Gasteiger partial charge in [0, 0.05) is 17.2 Å². The van der Waals surface area contributed by atoms with Crippen molar-refractivity contribution in [3.05, 3.63) is 64.7 Å². The molecule has 3 heteroatoms. The molecule has 1 aliphatic carbocycles. The molecule has 0 radical (unpaired) electrons. The number of fused-ring (bicyclic) bond motifs is 1. The smallest absolute Gasteiger partial charge is 0.127 e. The molecule has 23 heavy (non-hydrogen) atoms. The lowest BCUT2D eigenvalue weighted by atomic mass is 9.71. The monoisotopic (exact) mass is 307 g/mol. The maximum Gasteiger partial charge on any atom is 0.127 e. The number of aldehydes is 1. The number of hydrogen-bond acceptors (Lipinski definition) is 2. The van der Waals surface area contributed by atoms with E-state index in [4.69, 9.17) is 0 Å². The van der Waals surface area contributed by atoms with Crippen molar-refractivity contribution < 1.29 is 9.18 Å². The lowest BCUT2D eigenvalue weighted by molar-refractivity contribution is -0.109. The van der Waals surface area contributed by atoms with Gasteiger partial charge in [-0.05, 0) is 54.0 Å². The van der Waals surface area contributed by atoms with Crippen LogP contribution in [0.2, 0.25) is 0 Å². The van der Waals surface area contributed by atoms with E-state index < -0.39 is 0 Å². The van der Waals surface area contributed by atoms with Crippen molar-refractivity contribution in [1.29, 1.82) is 0 Å². The third-order valence-electron chi connectivity index (χ3n) is 4.15. The maximum absolute atomic E-state index is 13.2. The van der Waals surface area contributed by atoms with Crippen LogP contribution in [0.4, 0.5) is 4.39 Å². The molecular formula is C20H18FNO. The van der Waals surface area contributed by atoms with Crippen molar-refractivity contribution in [2.24, 2.45) is 5.41 Å². The van der Waals surface area contributed by atoms with Gasteiger partial charge >= 0.3 is 0 Å². The minimum Gasteiger partial charge on any atom is -0.303 e. The fourth-order valence-electron chi connectivity index (χ4n) is 3.12. The van der Waals surface area contributed by atoms with E-state index in [0.717, 1.165) is 30.4 Å². The number of aromatic nitrogens is 1. The summed E-state index contributed by atoms with van der Waals surface area (Å²) < 4.78 is 13.2. The molecule has 0 N–H and O–H groups in total. The molecule has 0 amide bonds. The second kappa shape index (κ2) is 5.96. The molecule has 0 spiro atoms. The SMILES string of the molecule is CC1(C)Cc2nc(C#Cc3cccc(F)c3)ccc2C(C=O)C1. The first-order valence-electron chi connectivity index (χ1n) is 7.69. The Morgan fingerprint density at radius 2 is 2.09 bits per heavy atom. The molecule has 0 saturated heterocycles. The molecule has 116 valence electrons. The number of pyridine rings is 1. The molecule has 1 aromatic carbocycles. The highest BCUT2D eigenvalue weighted by atomic mass is 19.1. The molecule has 1 heterocycles. The van der Waals surface area contributed by atoms with E-state index in [-0.39, 0.29) is 17.2 Å². The van der Waals surface area contributed by atoms with Gasteiger partial charge in [-0.3, -0.25) is 0 Å². The van der Waals surface area contributed by atoms with E-state index in [0.29, 0.717) is 11.3 Å². The Morgan fingerprint density at radius 1 is 1.26 bits per heavy atom. The highest BCUT2D eigenvalue weighted by Gasteiger charge is 2.32. The summed E-state index contributed by atoms with van der Waals surface area (Å²) in [5, 5.41) is 0. The molecule has 0 saturated carbocycles. The van der Waals surface area contributed by atoms with Crippen molar-refractivity contribution in [1.82, 2.24) is 4.98 Å². The van der Waals surface area contributed by atoms with E-state index in [2.05, 4.69) is 30.7 Å². The first kappa shape index (κ1) is 15.4. The second-order valence-electron chi connectivity index (χ2n) is 6.78. The minimum atomic E-state index is -0.300. The first-order valence-corrected chi connectivity index (χ1v) is 7.69. The van der Waals surface area contributed by atoms with Gasteiger partial charge in [0.05, 0.1) is 0 Å². The van der Waals surface area contributed by atoms with Crippen LogP contribution < -0.4 is 0 Å². The van der Waals surface area contributed by atoms with Crippen molar-refractivity contribution in [2.45, 2.75) is 32.6 Å². The Balaban J connectivity index is 1.94. The van der Waals surface area contributed by atoms with E-state index in [1.807, 2.05) is 12.1 Å². The average Bonchev–Trinajstić information content (AvgIpc) is 2.51. The Kier molecular flexibility index (Phi) is 4.00. The van der Waals surface area contributed by atoms with Crippen LogP contribution in [-0.2, 0) is 11.2 Å². The van der Waals surface area contributed by atoms with Crippen LogP contribution in [0, 0.1) is 23.1 Å². The number of rotatable bonds is 1. The molecule has 1 atom stereocenters. The number of hydrogen-bond donors (Lipinski definition) is 0. The van der Waals surface area contributed by atoms with Crippen molar-refractivity contribution in [3.63, 3.8) is 0 Å². The van der Waals surface area contributed by atoms with E-state index in [1.165, 1.54) is 12.1 Å². The lowest BCUT2D eigenvalue weighted by Gasteiger charge is -2.34. The van der Waals surface area contributed by atoms with Gasteiger partial charge in [-0.15, -0.1) is 0 Å². The summed E-state index contributed by atoms with van der Waals surface area (Å²) in [6, 6.07) is 9.98. The zero-order valence-corrected chi connectivity index (χ0v) is 13.3. The Morgan fingerprint density at radius 3 is 2.83 bits per heavy atom. The summed E-state index contributed by atoms with van der Waals surface area (Å²) >= 11 is 0. The van der Waals surface area contributed by atoms with E-state index in [9.17, 15) is 9.18 Å². The predicted octanol–water partition coefficient (Wildman–Crippen LogP) is 3.88. The minimum absolute atomic E-state index is 0.0557. The van der Waals surface area contributed by atoms with Gasteiger partial charge in [0.15, 0.2) is 0 Å². The molecule has 2 aromatic rings. The number of benzene rings is 1. The highest BCUT2D eigenvalue weighted by Crippen LogP contribution is 2.40. The van der Waals surface area contributed by atoms with Crippen LogP contribution in [-0.4, -0.2) is 11.3 Å². The second-order valence-corrected chi connectivity index (χ2v) is 6.78. The third-order valence-corrected chi connectivity index (χ3v) is 4.15. The van der Waals surface area contributed by atoms with Crippen LogP contribution in [0.15, 0.2) is 36.4 Å².